The SMILES string of the molecule is CCNCCNCc1ccc(OCc2cccc(-c3ccccc3)c2C)cc1OCCCC(=O)OC. The van der Waals surface area contributed by atoms with E-state index >= 15 is 0 Å². The van der Waals surface area contributed by atoms with Gasteiger partial charge in [-0.05, 0) is 48.2 Å². The lowest BCUT2D eigenvalue weighted by Gasteiger charge is -2.16. The van der Waals surface area contributed by atoms with Crippen LogP contribution in [0, 0.1) is 6.92 Å². The van der Waals surface area contributed by atoms with Gasteiger partial charge in [0.2, 0.25) is 0 Å². The van der Waals surface area contributed by atoms with Crippen molar-refractivity contribution in [2.45, 2.75) is 39.8 Å². The molecule has 3 aromatic carbocycles. The number of carbonyl (C=O) groups is 1. The molecule has 0 aliphatic carbocycles. The third kappa shape index (κ3) is 8.40. The molecule has 6 nitrogen and oxygen atoms in total. The molecule has 0 saturated carbocycles. The number of hydrogen-bond acceptors (Lipinski definition) is 6. The maximum absolute atomic E-state index is 11.4. The van der Waals surface area contributed by atoms with Gasteiger partial charge >= 0.3 is 5.97 Å². The quantitative estimate of drug-likeness (QED) is 0.223. The summed E-state index contributed by atoms with van der Waals surface area (Å²) in [4.78, 5) is 11.4. The van der Waals surface area contributed by atoms with Gasteiger partial charge in [0, 0.05) is 37.7 Å². The van der Waals surface area contributed by atoms with Gasteiger partial charge in [-0.25, -0.2) is 0 Å². The Morgan fingerprint density at radius 2 is 1.69 bits per heavy atom. The molecule has 0 aliphatic heterocycles. The van der Waals surface area contributed by atoms with E-state index in [1.165, 1.54) is 23.8 Å². The van der Waals surface area contributed by atoms with Gasteiger partial charge in [-0.15, -0.1) is 0 Å². The van der Waals surface area contributed by atoms with Crippen LogP contribution in [0.5, 0.6) is 11.5 Å². The first-order chi connectivity index (χ1) is 17.6. The van der Waals surface area contributed by atoms with E-state index in [-0.39, 0.29) is 5.97 Å². The molecule has 192 valence electrons. The Morgan fingerprint density at radius 3 is 2.47 bits per heavy atom. The van der Waals surface area contributed by atoms with Crippen LogP contribution in [0.2, 0.25) is 0 Å². The number of ether oxygens (including phenoxy) is 3. The van der Waals surface area contributed by atoms with Crippen LogP contribution in [0.4, 0.5) is 0 Å². The minimum atomic E-state index is -0.228. The summed E-state index contributed by atoms with van der Waals surface area (Å²) in [6.45, 7) is 8.55. The van der Waals surface area contributed by atoms with E-state index in [1.807, 2.05) is 24.3 Å². The Balaban J connectivity index is 1.67. The number of carbonyl (C=O) groups excluding carboxylic acids is 1. The Kier molecular flexibility index (Phi) is 11.3. The number of methoxy groups -OCH3 is 1. The van der Waals surface area contributed by atoms with E-state index in [9.17, 15) is 4.79 Å². The molecule has 0 unspecified atom stereocenters. The van der Waals surface area contributed by atoms with Crippen molar-refractivity contribution >= 4 is 5.97 Å². The molecule has 0 radical (unpaired) electrons. The Hall–Kier alpha value is -3.35. The third-order valence-electron chi connectivity index (χ3n) is 6.02. The van der Waals surface area contributed by atoms with Crippen molar-refractivity contribution in [2.75, 3.05) is 33.4 Å². The fourth-order valence-corrected chi connectivity index (χ4v) is 3.91. The van der Waals surface area contributed by atoms with Gasteiger partial charge in [0.15, 0.2) is 0 Å². The molecule has 3 rings (SSSR count). The summed E-state index contributed by atoms with van der Waals surface area (Å²) in [6, 6.07) is 22.7. The van der Waals surface area contributed by atoms with Crippen molar-refractivity contribution in [3.05, 3.63) is 83.4 Å². The van der Waals surface area contributed by atoms with Crippen LogP contribution < -0.4 is 20.1 Å². The lowest BCUT2D eigenvalue weighted by atomic mass is 9.97. The highest BCUT2D eigenvalue weighted by Gasteiger charge is 2.10. The molecule has 0 amide bonds. The molecule has 36 heavy (non-hydrogen) atoms. The molecule has 0 heterocycles. The average molecular weight is 491 g/mol. The highest BCUT2D eigenvalue weighted by atomic mass is 16.5. The molecular formula is C30H38N2O4. The zero-order valence-electron chi connectivity index (χ0n) is 21.6. The maximum Gasteiger partial charge on any atom is 0.305 e. The maximum atomic E-state index is 11.4. The summed E-state index contributed by atoms with van der Waals surface area (Å²) < 4.78 is 17.0. The largest absolute Gasteiger partial charge is 0.493 e. The molecule has 0 aliphatic rings. The Morgan fingerprint density at radius 1 is 0.889 bits per heavy atom. The second-order valence-electron chi connectivity index (χ2n) is 8.57. The zero-order chi connectivity index (χ0) is 25.6. The van der Waals surface area contributed by atoms with Gasteiger partial charge in [-0.2, -0.15) is 0 Å². The fraction of sp³-hybridized carbons (Fsp3) is 0.367. The van der Waals surface area contributed by atoms with E-state index in [4.69, 9.17) is 14.2 Å². The lowest BCUT2D eigenvalue weighted by Crippen LogP contribution is -2.26. The first-order valence-electron chi connectivity index (χ1n) is 12.6. The Bertz CT molecular complexity index is 1090. The van der Waals surface area contributed by atoms with Crippen LogP contribution in [-0.2, 0) is 22.7 Å². The van der Waals surface area contributed by atoms with Crippen LogP contribution in [0.3, 0.4) is 0 Å². The topological polar surface area (TPSA) is 68.8 Å². The molecule has 0 spiro atoms. The monoisotopic (exact) mass is 490 g/mol. The predicted molar refractivity (Wildman–Crippen MR) is 144 cm³/mol. The lowest BCUT2D eigenvalue weighted by molar-refractivity contribution is -0.140. The summed E-state index contributed by atoms with van der Waals surface area (Å²) in [5.74, 6) is 1.29. The highest BCUT2D eigenvalue weighted by Crippen LogP contribution is 2.29. The summed E-state index contributed by atoms with van der Waals surface area (Å²) in [6.07, 6.45) is 0.927. The predicted octanol–water partition coefficient (Wildman–Crippen LogP) is 5.27. The average Bonchev–Trinajstić information content (AvgIpc) is 2.91. The van der Waals surface area contributed by atoms with E-state index in [0.29, 0.717) is 32.6 Å². The smallest absolute Gasteiger partial charge is 0.305 e. The van der Waals surface area contributed by atoms with Crippen molar-refractivity contribution in [3.8, 4) is 22.6 Å². The van der Waals surface area contributed by atoms with Gasteiger partial charge in [-0.3, -0.25) is 4.79 Å². The van der Waals surface area contributed by atoms with Crippen molar-refractivity contribution in [1.29, 1.82) is 0 Å². The number of hydrogen-bond donors (Lipinski definition) is 2. The van der Waals surface area contributed by atoms with E-state index in [0.717, 1.165) is 42.3 Å². The molecule has 0 aromatic heterocycles. The second-order valence-corrected chi connectivity index (χ2v) is 8.57. The number of esters is 1. The number of rotatable bonds is 15. The van der Waals surface area contributed by atoms with Gasteiger partial charge in [-0.1, -0.05) is 61.5 Å². The molecule has 6 heteroatoms. The third-order valence-corrected chi connectivity index (χ3v) is 6.02. The van der Waals surface area contributed by atoms with Crippen LogP contribution in [0.15, 0.2) is 66.7 Å². The van der Waals surface area contributed by atoms with Gasteiger partial charge in [0.25, 0.3) is 0 Å². The first kappa shape index (κ1) is 27.2. The van der Waals surface area contributed by atoms with Gasteiger partial charge < -0.3 is 24.8 Å². The minimum absolute atomic E-state index is 0.228. The van der Waals surface area contributed by atoms with Crippen LogP contribution in [0.25, 0.3) is 11.1 Å². The summed E-state index contributed by atoms with van der Waals surface area (Å²) >= 11 is 0. The normalized spacial score (nSPS) is 10.8. The summed E-state index contributed by atoms with van der Waals surface area (Å²) in [5, 5.41) is 6.75. The number of nitrogens with one attached hydrogen (secondary N) is 2. The molecule has 0 fully saturated rings. The zero-order valence-corrected chi connectivity index (χ0v) is 21.6. The van der Waals surface area contributed by atoms with E-state index < -0.39 is 0 Å². The molecule has 0 atom stereocenters. The standard InChI is InChI=1S/C30H38N2O4/c1-4-31-17-18-32-21-25-15-16-27(20-29(25)35-19-9-14-30(33)34-3)36-22-26-12-8-13-28(23(26)2)24-10-6-5-7-11-24/h5-8,10-13,15-16,20,31-32H,4,9,14,17-19,21-22H2,1-3H3. The fourth-order valence-electron chi connectivity index (χ4n) is 3.91. The van der Waals surface area contributed by atoms with E-state index in [2.05, 4.69) is 66.9 Å². The Labute approximate surface area is 215 Å². The van der Waals surface area contributed by atoms with Crippen LogP contribution in [0.1, 0.15) is 36.5 Å². The molecule has 0 bridgehead atoms. The number of benzene rings is 3. The summed E-state index contributed by atoms with van der Waals surface area (Å²) in [7, 11) is 1.40. The highest BCUT2D eigenvalue weighted by molar-refractivity contribution is 5.69. The van der Waals surface area contributed by atoms with Crippen molar-refractivity contribution in [1.82, 2.24) is 10.6 Å². The molecule has 2 N–H and O–H groups in total. The van der Waals surface area contributed by atoms with Crippen molar-refractivity contribution in [2.24, 2.45) is 0 Å². The van der Waals surface area contributed by atoms with Crippen LogP contribution >= 0.6 is 0 Å². The number of likely N-dealkylation sites (N-methyl/N-ethyl adjacent to an activating group) is 1. The van der Waals surface area contributed by atoms with Crippen molar-refractivity contribution in [3.63, 3.8) is 0 Å². The molecule has 3 aromatic rings. The van der Waals surface area contributed by atoms with Gasteiger partial charge in [0.1, 0.15) is 18.1 Å². The molecular weight excluding hydrogens is 452 g/mol. The van der Waals surface area contributed by atoms with Crippen LogP contribution in [-0.4, -0.2) is 39.3 Å². The van der Waals surface area contributed by atoms with E-state index in [1.54, 1.807) is 0 Å². The molecule has 0 saturated heterocycles. The first-order valence-corrected chi connectivity index (χ1v) is 12.6. The van der Waals surface area contributed by atoms with Gasteiger partial charge in [0.05, 0.1) is 13.7 Å². The second kappa shape index (κ2) is 14.9. The minimum Gasteiger partial charge on any atom is -0.493 e. The van der Waals surface area contributed by atoms with Crippen molar-refractivity contribution < 1.29 is 19.0 Å². The summed E-state index contributed by atoms with van der Waals surface area (Å²) in [5.41, 5.74) is 5.82.